The number of nitrogens with zero attached hydrogens (tertiary/aromatic N) is 2. The maximum absolute atomic E-state index is 6.04. The standard InChI is InChI=1S/C22H32N4O2S/c1-4-23-22(25-14-21-16(2)26-17(3)29-21)24-13-18-6-5-7-19(12-18)15-28-20-8-10-27-11-9-20/h5-7,12,20H,4,8-11,13-15H2,1-3H3,(H2,23,24,25). The molecule has 1 aliphatic rings. The minimum atomic E-state index is 0.314. The maximum Gasteiger partial charge on any atom is 0.191 e. The summed E-state index contributed by atoms with van der Waals surface area (Å²) in [6.07, 6.45) is 2.29. The molecule has 0 spiro atoms. The van der Waals surface area contributed by atoms with Gasteiger partial charge in [-0.3, -0.25) is 0 Å². The first-order valence-electron chi connectivity index (χ1n) is 10.4. The molecule has 3 rings (SSSR count). The number of guanidine groups is 1. The first kappa shape index (κ1) is 21.7. The van der Waals surface area contributed by atoms with Crippen molar-refractivity contribution in [3.05, 3.63) is 51.0 Å². The average molecular weight is 417 g/mol. The van der Waals surface area contributed by atoms with Gasteiger partial charge < -0.3 is 20.1 Å². The molecule has 2 aromatic rings. The molecule has 0 atom stereocenters. The lowest BCUT2D eigenvalue weighted by molar-refractivity contribution is -0.0390. The van der Waals surface area contributed by atoms with Crippen LogP contribution in [0, 0.1) is 13.8 Å². The van der Waals surface area contributed by atoms with E-state index in [0.29, 0.717) is 19.3 Å². The Bertz CT molecular complexity index is 800. The first-order chi connectivity index (χ1) is 14.1. The van der Waals surface area contributed by atoms with Crippen LogP contribution in [-0.4, -0.2) is 36.8 Å². The van der Waals surface area contributed by atoms with Crippen molar-refractivity contribution >= 4 is 17.3 Å². The second-order valence-electron chi connectivity index (χ2n) is 7.23. The van der Waals surface area contributed by atoms with Gasteiger partial charge in [-0.2, -0.15) is 0 Å². The molecule has 0 bridgehead atoms. The lowest BCUT2D eigenvalue weighted by Gasteiger charge is -2.22. The second kappa shape index (κ2) is 11.3. The van der Waals surface area contributed by atoms with Gasteiger partial charge in [-0.1, -0.05) is 24.3 Å². The van der Waals surface area contributed by atoms with E-state index >= 15 is 0 Å². The topological polar surface area (TPSA) is 67.8 Å². The van der Waals surface area contributed by atoms with Crippen LogP contribution in [0.4, 0.5) is 0 Å². The highest BCUT2D eigenvalue weighted by atomic mass is 32.1. The monoisotopic (exact) mass is 416 g/mol. The summed E-state index contributed by atoms with van der Waals surface area (Å²) in [6.45, 7) is 10.6. The number of rotatable bonds is 8. The molecule has 0 saturated carbocycles. The molecule has 29 heavy (non-hydrogen) atoms. The molecule has 2 N–H and O–H groups in total. The minimum absolute atomic E-state index is 0.314. The SMILES string of the molecule is CCNC(=NCc1cccc(COC2CCOCC2)c1)NCc1sc(C)nc1C. The predicted molar refractivity (Wildman–Crippen MR) is 118 cm³/mol. The number of hydrogen-bond acceptors (Lipinski definition) is 5. The van der Waals surface area contributed by atoms with Crippen LogP contribution in [0.15, 0.2) is 29.3 Å². The molecular formula is C22H32N4O2S. The fourth-order valence-electron chi connectivity index (χ4n) is 3.29. The zero-order valence-corrected chi connectivity index (χ0v) is 18.5. The molecule has 158 valence electrons. The van der Waals surface area contributed by atoms with Gasteiger partial charge in [-0.25, -0.2) is 9.98 Å². The number of aliphatic imine (C=N–C) groups is 1. The Labute approximate surface area is 177 Å². The first-order valence-corrected chi connectivity index (χ1v) is 11.2. The van der Waals surface area contributed by atoms with Crippen LogP contribution in [-0.2, 0) is 29.2 Å². The zero-order chi connectivity index (χ0) is 20.5. The van der Waals surface area contributed by atoms with Crippen molar-refractivity contribution in [2.45, 2.75) is 59.4 Å². The molecule has 0 radical (unpaired) electrons. The van der Waals surface area contributed by atoms with Gasteiger partial charge in [0.2, 0.25) is 0 Å². The lowest BCUT2D eigenvalue weighted by atomic mass is 10.1. The van der Waals surface area contributed by atoms with Gasteiger partial charge in [0, 0.05) is 24.6 Å². The summed E-state index contributed by atoms with van der Waals surface area (Å²) in [5.41, 5.74) is 3.46. The molecule has 6 nitrogen and oxygen atoms in total. The summed E-state index contributed by atoms with van der Waals surface area (Å²) in [7, 11) is 0. The Morgan fingerprint density at radius 3 is 2.76 bits per heavy atom. The third kappa shape index (κ3) is 7.10. The van der Waals surface area contributed by atoms with Gasteiger partial charge in [0.15, 0.2) is 5.96 Å². The molecule has 1 fully saturated rings. The highest BCUT2D eigenvalue weighted by Crippen LogP contribution is 2.17. The summed E-state index contributed by atoms with van der Waals surface area (Å²) in [5, 5.41) is 7.83. The van der Waals surface area contributed by atoms with E-state index in [0.717, 1.165) is 55.8 Å². The number of ether oxygens (including phenoxy) is 2. The lowest BCUT2D eigenvalue weighted by Crippen LogP contribution is -2.36. The van der Waals surface area contributed by atoms with Crippen molar-refractivity contribution in [3.63, 3.8) is 0 Å². The fraction of sp³-hybridized carbons (Fsp3) is 0.545. The smallest absolute Gasteiger partial charge is 0.191 e. The van der Waals surface area contributed by atoms with Crippen molar-refractivity contribution in [2.75, 3.05) is 19.8 Å². The molecule has 2 heterocycles. The summed E-state index contributed by atoms with van der Waals surface area (Å²) >= 11 is 1.73. The average Bonchev–Trinajstić information content (AvgIpc) is 3.06. The van der Waals surface area contributed by atoms with Crippen molar-refractivity contribution in [1.29, 1.82) is 0 Å². The van der Waals surface area contributed by atoms with Gasteiger partial charge in [-0.05, 0) is 44.7 Å². The predicted octanol–water partition coefficient (Wildman–Crippen LogP) is 3.71. The third-order valence-corrected chi connectivity index (χ3v) is 5.90. The Balaban J connectivity index is 1.54. The van der Waals surface area contributed by atoms with Gasteiger partial charge in [0.25, 0.3) is 0 Å². The summed E-state index contributed by atoms with van der Waals surface area (Å²) in [4.78, 5) is 10.5. The molecule has 1 aliphatic heterocycles. The molecule has 7 heteroatoms. The molecular weight excluding hydrogens is 384 g/mol. The molecule has 0 amide bonds. The number of aromatic nitrogens is 1. The van der Waals surface area contributed by atoms with Crippen LogP contribution in [0.5, 0.6) is 0 Å². The largest absolute Gasteiger partial charge is 0.381 e. The summed E-state index contributed by atoms with van der Waals surface area (Å²) in [6, 6.07) is 8.49. The van der Waals surface area contributed by atoms with Crippen molar-refractivity contribution in [3.8, 4) is 0 Å². The van der Waals surface area contributed by atoms with Crippen LogP contribution in [0.3, 0.4) is 0 Å². The quantitative estimate of drug-likeness (QED) is 0.507. The van der Waals surface area contributed by atoms with E-state index in [-0.39, 0.29) is 0 Å². The molecule has 1 saturated heterocycles. The number of benzene rings is 1. The van der Waals surface area contributed by atoms with Crippen molar-refractivity contribution in [1.82, 2.24) is 15.6 Å². The highest BCUT2D eigenvalue weighted by Gasteiger charge is 2.14. The molecule has 1 aromatic heterocycles. The number of hydrogen-bond donors (Lipinski definition) is 2. The zero-order valence-electron chi connectivity index (χ0n) is 17.7. The van der Waals surface area contributed by atoms with E-state index in [1.54, 1.807) is 11.3 Å². The fourth-order valence-corrected chi connectivity index (χ4v) is 4.16. The van der Waals surface area contributed by atoms with E-state index in [4.69, 9.17) is 14.5 Å². The number of nitrogens with one attached hydrogen (secondary N) is 2. The van der Waals surface area contributed by atoms with E-state index in [2.05, 4.69) is 53.7 Å². The third-order valence-electron chi connectivity index (χ3n) is 4.83. The van der Waals surface area contributed by atoms with Crippen molar-refractivity contribution < 1.29 is 9.47 Å². The Morgan fingerprint density at radius 1 is 1.24 bits per heavy atom. The van der Waals surface area contributed by atoms with E-state index in [9.17, 15) is 0 Å². The minimum Gasteiger partial charge on any atom is -0.381 e. The van der Waals surface area contributed by atoms with E-state index in [1.165, 1.54) is 16.0 Å². The normalized spacial score (nSPS) is 15.5. The maximum atomic E-state index is 6.04. The Kier molecular flexibility index (Phi) is 8.46. The second-order valence-corrected chi connectivity index (χ2v) is 8.52. The summed E-state index contributed by atoms with van der Waals surface area (Å²) < 4.78 is 11.4. The van der Waals surface area contributed by atoms with Crippen LogP contribution in [0.2, 0.25) is 0 Å². The van der Waals surface area contributed by atoms with Gasteiger partial charge in [0.1, 0.15) is 0 Å². The van der Waals surface area contributed by atoms with E-state index < -0.39 is 0 Å². The van der Waals surface area contributed by atoms with Crippen LogP contribution >= 0.6 is 11.3 Å². The van der Waals surface area contributed by atoms with E-state index in [1.807, 2.05) is 6.92 Å². The molecule has 0 unspecified atom stereocenters. The molecule has 0 aliphatic carbocycles. The Morgan fingerprint density at radius 2 is 2.03 bits per heavy atom. The van der Waals surface area contributed by atoms with Gasteiger partial charge in [0.05, 0.1) is 36.5 Å². The Hall–Kier alpha value is -1.96. The highest BCUT2D eigenvalue weighted by molar-refractivity contribution is 7.11. The number of thiazole rings is 1. The van der Waals surface area contributed by atoms with Gasteiger partial charge >= 0.3 is 0 Å². The summed E-state index contributed by atoms with van der Waals surface area (Å²) in [5.74, 6) is 0.821. The van der Waals surface area contributed by atoms with Crippen LogP contribution in [0.1, 0.15) is 46.5 Å². The van der Waals surface area contributed by atoms with Crippen LogP contribution in [0.25, 0.3) is 0 Å². The van der Waals surface area contributed by atoms with Gasteiger partial charge in [-0.15, -0.1) is 11.3 Å². The number of aryl methyl sites for hydroxylation is 2. The van der Waals surface area contributed by atoms with Crippen LogP contribution < -0.4 is 10.6 Å². The van der Waals surface area contributed by atoms with Crippen molar-refractivity contribution in [2.24, 2.45) is 4.99 Å². The molecule has 1 aromatic carbocycles.